The third-order valence-electron chi connectivity index (χ3n) is 2.33. The fourth-order valence-electron chi connectivity index (χ4n) is 1.53. The molecule has 90 valence electrons. The zero-order valence-electron chi connectivity index (χ0n) is 9.63. The van der Waals surface area contributed by atoms with Crippen LogP contribution in [-0.2, 0) is 13.6 Å². The third kappa shape index (κ3) is 2.65. The van der Waals surface area contributed by atoms with Crippen LogP contribution in [0.3, 0.4) is 0 Å². The molecule has 17 heavy (non-hydrogen) atoms. The number of nitrogens with two attached hydrogens (primary N) is 1. The zero-order chi connectivity index (χ0) is 12.4. The summed E-state index contributed by atoms with van der Waals surface area (Å²) in [4.78, 5) is 3.35. The van der Waals surface area contributed by atoms with Crippen LogP contribution >= 0.6 is 11.6 Å². The molecule has 0 aliphatic rings. The van der Waals surface area contributed by atoms with E-state index in [2.05, 4.69) is 15.4 Å². The van der Waals surface area contributed by atoms with Crippen molar-refractivity contribution >= 4 is 23.0 Å². The molecule has 1 heterocycles. The average molecular weight is 253 g/mol. The fraction of sp³-hybridized carbons (Fsp3) is 0.300. The van der Waals surface area contributed by atoms with Gasteiger partial charge in [-0.1, -0.05) is 11.6 Å². The Morgan fingerprint density at radius 3 is 2.88 bits per heavy atom. The highest BCUT2D eigenvalue weighted by molar-refractivity contribution is 6.31. The maximum Gasteiger partial charge on any atom is 0.193 e. The zero-order valence-corrected chi connectivity index (χ0v) is 10.4. The standard InChI is InChI=1S/C10H13ClN6/c1-16(6-10-13-15-17(2)14-10)9-5-7(11)3-4-8(9)12/h3-5H,6,12H2,1-2H3. The van der Waals surface area contributed by atoms with E-state index in [9.17, 15) is 0 Å². The molecule has 2 rings (SSSR count). The number of aryl methyl sites for hydroxylation is 1. The van der Waals surface area contributed by atoms with Crippen molar-refractivity contribution in [3.8, 4) is 0 Å². The molecule has 2 N–H and O–H groups in total. The van der Waals surface area contributed by atoms with Gasteiger partial charge in [0.1, 0.15) is 0 Å². The van der Waals surface area contributed by atoms with E-state index < -0.39 is 0 Å². The Kier molecular flexibility index (Phi) is 3.14. The van der Waals surface area contributed by atoms with E-state index in [-0.39, 0.29) is 0 Å². The van der Waals surface area contributed by atoms with Crippen molar-refractivity contribution < 1.29 is 0 Å². The van der Waals surface area contributed by atoms with Crippen LogP contribution in [0.1, 0.15) is 5.82 Å². The molecule has 0 atom stereocenters. The molecule has 0 saturated carbocycles. The molecule has 0 unspecified atom stereocenters. The number of halogens is 1. The highest BCUT2D eigenvalue weighted by Gasteiger charge is 2.09. The molecular formula is C10H13ClN6. The molecule has 6 nitrogen and oxygen atoms in total. The second-order valence-electron chi connectivity index (χ2n) is 3.75. The van der Waals surface area contributed by atoms with Crippen LogP contribution in [0.2, 0.25) is 5.02 Å². The van der Waals surface area contributed by atoms with E-state index in [0.717, 1.165) is 5.69 Å². The average Bonchev–Trinajstić information content (AvgIpc) is 2.67. The number of hydrogen-bond acceptors (Lipinski definition) is 5. The van der Waals surface area contributed by atoms with E-state index in [1.807, 2.05) is 18.0 Å². The maximum atomic E-state index is 5.94. The minimum Gasteiger partial charge on any atom is -0.397 e. The van der Waals surface area contributed by atoms with Gasteiger partial charge in [-0.15, -0.1) is 10.2 Å². The summed E-state index contributed by atoms with van der Waals surface area (Å²) in [5.41, 5.74) is 7.41. The van der Waals surface area contributed by atoms with E-state index in [1.54, 1.807) is 19.2 Å². The van der Waals surface area contributed by atoms with Gasteiger partial charge in [0, 0.05) is 12.1 Å². The Labute approximate surface area is 104 Å². The lowest BCUT2D eigenvalue weighted by molar-refractivity contribution is 0.627. The molecule has 0 spiro atoms. The van der Waals surface area contributed by atoms with Gasteiger partial charge in [0.2, 0.25) is 0 Å². The first kappa shape index (κ1) is 11.7. The highest BCUT2D eigenvalue weighted by atomic mass is 35.5. The smallest absolute Gasteiger partial charge is 0.193 e. The second kappa shape index (κ2) is 4.58. The normalized spacial score (nSPS) is 10.5. The Hall–Kier alpha value is -1.82. The molecule has 2 aromatic rings. The van der Waals surface area contributed by atoms with Crippen molar-refractivity contribution in [1.82, 2.24) is 20.2 Å². The van der Waals surface area contributed by atoms with Crippen molar-refractivity contribution in [2.24, 2.45) is 7.05 Å². The summed E-state index contributed by atoms with van der Waals surface area (Å²) in [6.07, 6.45) is 0. The van der Waals surface area contributed by atoms with Gasteiger partial charge >= 0.3 is 0 Å². The molecule has 1 aromatic carbocycles. The van der Waals surface area contributed by atoms with Crippen LogP contribution in [0.25, 0.3) is 0 Å². The number of benzene rings is 1. The molecule has 0 saturated heterocycles. The van der Waals surface area contributed by atoms with Crippen LogP contribution in [0.5, 0.6) is 0 Å². The van der Waals surface area contributed by atoms with Gasteiger partial charge in [-0.05, 0) is 23.4 Å². The Morgan fingerprint density at radius 2 is 2.24 bits per heavy atom. The molecule has 0 fully saturated rings. The second-order valence-corrected chi connectivity index (χ2v) is 4.19. The molecular weight excluding hydrogens is 240 g/mol. The number of nitrogens with zero attached hydrogens (tertiary/aromatic N) is 5. The molecule has 0 amide bonds. The molecule has 7 heteroatoms. The Balaban J connectivity index is 2.19. The van der Waals surface area contributed by atoms with E-state index in [4.69, 9.17) is 17.3 Å². The van der Waals surface area contributed by atoms with Gasteiger partial charge in [-0.3, -0.25) is 0 Å². The summed E-state index contributed by atoms with van der Waals surface area (Å²) < 4.78 is 0. The number of aromatic nitrogens is 4. The van der Waals surface area contributed by atoms with Gasteiger partial charge < -0.3 is 10.6 Å². The quantitative estimate of drug-likeness (QED) is 0.828. The van der Waals surface area contributed by atoms with Crippen molar-refractivity contribution in [3.05, 3.63) is 29.0 Å². The van der Waals surface area contributed by atoms with Crippen molar-refractivity contribution in [2.75, 3.05) is 17.7 Å². The van der Waals surface area contributed by atoms with Gasteiger partial charge in [0.15, 0.2) is 5.82 Å². The minimum absolute atomic E-state index is 0.526. The molecule has 1 aromatic heterocycles. The minimum atomic E-state index is 0.526. The largest absolute Gasteiger partial charge is 0.397 e. The van der Waals surface area contributed by atoms with Crippen LogP contribution in [0.4, 0.5) is 11.4 Å². The number of tetrazole rings is 1. The summed E-state index contributed by atoms with van der Waals surface area (Å²) in [5.74, 6) is 0.634. The highest BCUT2D eigenvalue weighted by Crippen LogP contribution is 2.26. The molecule has 0 aliphatic carbocycles. The topological polar surface area (TPSA) is 72.9 Å². The fourth-order valence-corrected chi connectivity index (χ4v) is 1.70. The van der Waals surface area contributed by atoms with Gasteiger partial charge in [-0.2, -0.15) is 4.80 Å². The van der Waals surface area contributed by atoms with Crippen molar-refractivity contribution in [1.29, 1.82) is 0 Å². The number of nitrogen functional groups attached to an aromatic ring is 1. The van der Waals surface area contributed by atoms with Crippen LogP contribution in [0, 0.1) is 0 Å². The van der Waals surface area contributed by atoms with E-state index in [0.29, 0.717) is 23.1 Å². The first-order chi connectivity index (χ1) is 8.06. The number of rotatable bonds is 3. The lowest BCUT2D eigenvalue weighted by atomic mass is 10.2. The van der Waals surface area contributed by atoms with Crippen LogP contribution < -0.4 is 10.6 Å². The Morgan fingerprint density at radius 1 is 1.47 bits per heavy atom. The number of anilines is 2. The van der Waals surface area contributed by atoms with E-state index in [1.165, 1.54) is 4.80 Å². The van der Waals surface area contributed by atoms with Crippen molar-refractivity contribution in [3.63, 3.8) is 0 Å². The van der Waals surface area contributed by atoms with Crippen LogP contribution in [-0.4, -0.2) is 27.3 Å². The SMILES string of the molecule is CN(Cc1nnn(C)n1)c1cc(Cl)ccc1N. The third-order valence-corrected chi connectivity index (χ3v) is 2.57. The predicted molar refractivity (Wildman–Crippen MR) is 66.8 cm³/mol. The first-order valence-corrected chi connectivity index (χ1v) is 5.43. The summed E-state index contributed by atoms with van der Waals surface area (Å²) in [6, 6.07) is 5.35. The predicted octanol–water partition coefficient (Wildman–Crippen LogP) is 1.08. The van der Waals surface area contributed by atoms with Crippen LogP contribution in [0.15, 0.2) is 18.2 Å². The first-order valence-electron chi connectivity index (χ1n) is 5.05. The number of hydrogen-bond donors (Lipinski definition) is 1. The molecule has 0 aliphatic heterocycles. The monoisotopic (exact) mass is 252 g/mol. The lowest BCUT2D eigenvalue weighted by Gasteiger charge is -2.19. The summed E-state index contributed by atoms with van der Waals surface area (Å²) >= 11 is 5.94. The lowest BCUT2D eigenvalue weighted by Crippen LogP contribution is -2.18. The molecule has 0 radical (unpaired) electrons. The van der Waals surface area contributed by atoms with Gasteiger partial charge in [0.25, 0.3) is 0 Å². The van der Waals surface area contributed by atoms with Gasteiger partial charge in [0.05, 0.1) is 25.0 Å². The van der Waals surface area contributed by atoms with E-state index >= 15 is 0 Å². The summed E-state index contributed by atoms with van der Waals surface area (Å²) in [6.45, 7) is 0.526. The summed E-state index contributed by atoms with van der Waals surface area (Å²) in [7, 11) is 3.63. The van der Waals surface area contributed by atoms with Gasteiger partial charge in [-0.25, -0.2) is 0 Å². The van der Waals surface area contributed by atoms with Crippen molar-refractivity contribution in [2.45, 2.75) is 6.54 Å². The maximum absolute atomic E-state index is 5.94. The Bertz CT molecular complexity index is 523. The summed E-state index contributed by atoms with van der Waals surface area (Å²) in [5, 5.41) is 12.4. The molecule has 0 bridgehead atoms.